The Kier molecular flexibility index (Phi) is 7.30. The Hall–Kier alpha value is -2.76. The number of aromatic nitrogens is 1. The summed E-state index contributed by atoms with van der Waals surface area (Å²) < 4.78 is 40.5. The number of anilines is 2. The summed E-state index contributed by atoms with van der Waals surface area (Å²) >= 11 is 6.09. The summed E-state index contributed by atoms with van der Waals surface area (Å²) in [5.41, 5.74) is 3.97. The highest BCUT2D eigenvalue weighted by atomic mass is 35.5. The summed E-state index contributed by atoms with van der Waals surface area (Å²) in [6, 6.07) is 9.40. The maximum absolute atomic E-state index is 14.5. The second kappa shape index (κ2) is 10.1. The summed E-state index contributed by atoms with van der Waals surface area (Å²) in [7, 11) is -2.28. The van der Waals surface area contributed by atoms with Gasteiger partial charge in [-0.15, -0.1) is 0 Å². The molecule has 0 saturated heterocycles. The maximum Gasteiger partial charge on any atom is 0.163 e. The molecule has 0 unspecified atom stereocenters. The van der Waals surface area contributed by atoms with Gasteiger partial charge in [-0.2, -0.15) is 0 Å². The van der Waals surface area contributed by atoms with Crippen LogP contribution in [-0.2, 0) is 11.1 Å². The molecule has 0 amide bonds. The zero-order chi connectivity index (χ0) is 25.3. The van der Waals surface area contributed by atoms with Crippen molar-refractivity contribution in [1.82, 2.24) is 4.98 Å². The number of carbonyl (C=O) groups is 1. The summed E-state index contributed by atoms with van der Waals surface area (Å²) in [6.45, 7) is 6.55. The third-order valence-electron chi connectivity index (χ3n) is 6.16. The van der Waals surface area contributed by atoms with Crippen LogP contribution in [0.1, 0.15) is 27.9 Å². The number of hydrogen-bond donors (Lipinski definition) is 1. The van der Waals surface area contributed by atoms with Crippen LogP contribution in [0.4, 0.5) is 20.3 Å². The second-order valence-corrected chi connectivity index (χ2v) is 13.2. The van der Waals surface area contributed by atoms with E-state index in [9.17, 15) is 18.1 Å². The smallest absolute Gasteiger partial charge is 0.163 e. The van der Waals surface area contributed by atoms with Crippen LogP contribution in [0.15, 0.2) is 42.6 Å². The van der Waals surface area contributed by atoms with Crippen LogP contribution in [0.3, 0.4) is 0 Å². The van der Waals surface area contributed by atoms with Crippen LogP contribution in [0.5, 0.6) is 0 Å². The zero-order valence-electron chi connectivity index (χ0n) is 19.9. The molecule has 1 N–H and O–H groups in total. The van der Waals surface area contributed by atoms with E-state index in [1.54, 1.807) is 25.6 Å². The molecule has 0 atom stereocenters. The first-order valence-electron chi connectivity index (χ1n) is 11.3. The molecule has 1 aromatic heterocycles. The van der Waals surface area contributed by atoms with Crippen LogP contribution in [0.25, 0.3) is 11.1 Å². The first kappa shape index (κ1) is 25.3. The predicted octanol–water partition coefficient (Wildman–Crippen LogP) is 6.62. The molecule has 0 radical (unpaired) electrons. The van der Waals surface area contributed by atoms with E-state index in [0.29, 0.717) is 30.6 Å². The molecular weight excluding hydrogens is 491 g/mol. The van der Waals surface area contributed by atoms with Gasteiger partial charge in [-0.25, -0.2) is 13.8 Å². The number of ketones is 1. The lowest BCUT2D eigenvalue weighted by Gasteiger charge is -2.34. The van der Waals surface area contributed by atoms with E-state index in [1.165, 1.54) is 0 Å². The monoisotopic (exact) mass is 517 g/mol. The molecule has 4 rings (SSSR count). The first-order chi connectivity index (χ1) is 16.5. The van der Waals surface area contributed by atoms with Crippen molar-refractivity contribution in [1.29, 1.82) is 0 Å². The SMILES string of the molecule is Cc1c(-c2cccc(C(=O)CCP(C)(C)=O)c2)cnc2c1N(Cc1c(F)ccc(F)c1Cl)CCN2. The van der Waals surface area contributed by atoms with Crippen LogP contribution >= 0.6 is 18.7 Å². The molecule has 35 heavy (non-hydrogen) atoms. The highest BCUT2D eigenvalue weighted by Gasteiger charge is 2.25. The topological polar surface area (TPSA) is 62.3 Å². The number of rotatable bonds is 7. The fourth-order valence-electron chi connectivity index (χ4n) is 4.26. The van der Waals surface area contributed by atoms with Gasteiger partial charge in [-0.05, 0) is 49.6 Å². The average Bonchev–Trinajstić information content (AvgIpc) is 2.82. The number of benzene rings is 2. The predicted molar refractivity (Wildman–Crippen MR) is 139 cm³/mol. The minimum Gasteiger partial charge on any atom is -0.367 e. The third-order valence-corrected chi connectivity index (χ3v) is 7.87. The van der Waals surface area contributed by atoms with Gasteiger partial charge in [0.2, 0.25) is 0 Å². The summed E-state index contributed by atoms with van der Waals surface area (Å²) in [6.07, 6.45) is 2.35. The molecule has 0 fully saturated rings. The Balaban J connectivity index is 1.69. The molecule has 184 valence electrons. The molecule has 0 bridgehead atoms. The largest absolute Gasteiger partial charge is 0.367 e. The number of carbonyl (C=O) groups excluding carboxylic acids is 1. The van der Waals surface area contributed by atoms with Gasteiger partial charge in [-0.1, -0.05) is 29.8 Å². The minimum atomic E-state index is -2.28. The quantitative estimate of drug-likeness (QED) is 0.217. The van der Waals surface area contributed by atoms with Gasteiger partial charge in [0.05, 0.1) is 17.9 Å². The molecule has 5 nitrogen and oxygen atoms in total. The number of nitrogens with zero attached hydrogens (tertiary/aromatic N) is 2. The molecule has 0 saturated carbocycles. The first-order valence-corrected chi connectivity index (χ1v) is 14.5. The number of nitrogens with one attached hydrogen (secondary N) is 1. The molecule has 0 aliphatic carbocycles. The van der Waals surface area contributed by atoms with Gasteiger partial charge < -0.3 is 14.8 Å². The third kappa shape index (κ3) is 5.57. The number of fused-ring (bicyclic) bond motifs is 1. The summed E-state index contributed by atoms with van der Waals surface area (Å²) in [5.74, 6) is -0.627. The van der Waals surface area contributed by atoms with Crippen molar-refractivity contribution in [3.05, 3.63) is 75.9 Å². The fraction of sp³-hybridized carbons (Fsp3) is 0.308. The number of halogens is 3. The van der Waals surface area contributed by atoms with Gasteiger partial charge in [0.25, 0.3) is 0 Å². The number of pyridine rings is 1. The van der Waals surface area contributed by atoms with Gasteiger partial charge in [0.1, 0.15) is 17.5 Å². The van der Waals surface area contributed by atoms with E-state index in [1.807, 2.05) is 30.0 Å². The van der Waals surface area contributed by atoms with E-state index in [0.717, 1.165) is 34.5 Å². The Labute approximate surface area is 208 Å². The highest BCUT2D eigenvalue weighted by molar-refractivity contribution is 7.62. The van der Waals surface area contributed by atoms with E-state index < -0.39 is 18.8 Å². The molecule has 2 heterocycles. The van der Waals surface area contributed by atoms with Gasteiger partial charge in [0, 0.05) is 55.1 Å². The number of Topliss-reactive ketones (excluding diaryl/α,β-unsaturated/α-hetero) is 1. The van der Waals surface area contributed by atoms with E-state index >= 15 is 0 Å². The second-order valence-electron chi connectivity index (χ2n) is 9.22. The van der Waals surface area contributed by atoms with Crippen molar-refractivity contribution in [2.24, 2.45) is 0 Å². The van der Waals surface area contributed by atoms with Gasteiger partial charge in [0.15, 0.2) is 5.78 Å². The Morgan fingerprint density at radius 1 is 1.20 bits per heavy atom. The van der Waals surface area contributed by atoms with E-state index in [-0.39, 0.29) is 29.3 Å². The Morgan fingerprint density at radius 2 is 1.94 bits per heavy atom. The van der Waals surface area contributed by atoms with Crippen molar-refractivity contribution in [3.63, 3.8) is 0 Å². The van der Waals surface area contributed by atoms with Crippen molar-refractivity contribution in [2.75, 3.05) is 42.8 Å². The highest BCUT2D eigenvalue weighted by Crippen LogP contribution is 2.39. The number of hydrogen-bond acceptors (Lipinski definition) is 5. The van der Waals surface area contributed by atoms with Crippen molar-refractivity contribution in [3.8, 4) is 11.1 Å². The lowest BCUT2D eigenvalue weighted by molar-refractivity contribution is 0.0989. The summed E-state index contributed by atoms with van der Waals surface area (Å²) in [4.78, 5) is 19.2. The normalized spacial score (nSPS) is 13.4. The van der Waals surface area contributed by atoms with Crippen molar-refractivity contribution in [2.45, 2.75) is 19.9 Å². The van der Waals surface area contributed by atoms with E-state index in [2.05, 4.69) is 10.3 Å². The molecule has 9 heteroatoms. The average molecular weight is 518 g/mol. The van der Waals surface area contributed by atoms with E-state index in [4.69, 9.17) is 11.6 Å². The van der Waals surface area contributed by atoms with Crippen molar-refractivity contribution < 1.29 is 18.1 Å². The Bertz CT molecular complexity index is 1340. The fourth-order valence-corrected chi connectivity index (χ4v) is 5.21. The van der Waals surface area contributed by atoms with Crippen LogP contribution in [0, 0.1) is 18.6 Å². The Morgan fingerprint density at radius 3 is 2.69 bits per heavy atom. The molecule has 3 aromatic rings. The molecule has 2 aromatic carbocycles. The molecule has 1 aliphatic heterocycles. The van der Waals surface area contributed by atoms with Crippen LogP contribution < -0.4 is 10.2 Å². The van der Waals surface area contributed by atoms with Gasteiger partial charge in [-0.3, -0.25) is 4.79 Å². The standard InChI is InChI=1S/C26H27ClF2N3O2P/c1-16-19(17-5-4-6-18(13-17)23(33)9-12-35(2,3)34)14-31-26-25(16)32(11-10-30-26)15-20-21(28)7-8-22(29)24(20)27/h4-8,13-14H,9-12,15H2,1-3H3,(H,30,31). The van der Waals surface area contributed by atoms with Crippen LogP contribution in [-0.4, -0.2) is 43.3 Å². The zero-order valence-corrected chi connectivity index (χ0v) is 21.5. The molecule has 1 aliphatic rings. The minimum absolute atomic E-state index is 0.0566. The molecule has 0 spiro atoms. The summed E-state index contributed by atoms with van der Waals surface area (Å²) in [5, 5.41) is 3.04. The van der Waals surface area contributed by atoms with Crippen LogP contribution in [0.2, 0.25) is 5.02 Å². The lowest BCUT2D eigenvalue weighted by atomic mass is 9.97. The van der Waals surface area contributed by atoms with Crippen molar-refractivity contribution >= 4 is 36.0 Å². The van der Waals surface area contributed by atoms with Gasteiger partial charge >= 0.3 is 0 Å². The lowest BCUT2D eigenvalue weighted by Crippen LogP contribution is -2.35. The molecular formula is C26H27ClF2N3O2P. The maximum atomic E-state index is 14.5.